The van der Waals surface area contributed by atoms with Gasteiger partial charge in [0, 0.05) is 41.6 Å². The Hall–Kier alpha value is -1.74. The molecule has 1 fully saturated rings. The van der Waals surface area contributed by atoms with Gasteiger partial charge in [0.15, 0.2) is 0 Å². The van der Waals surface area contributed by atoms with Gasteiger partial charge in [0.2, 0.25) is 4.21 Å². The minimum absolute atomic E-state index is 0.436. The third-order valence-electron chi connectivity index (χ3n) is 4.25. The second-order valence-electron chi connectivity index (χ2n) is 6.02. The monoisotopic (exact) mass is 374 g/mol. The van der Waals surface area contributed by atoms with Crippen molar-refractivity contribution >= 4 is 38.4 Å². The molecule has 0 spiro atoms. The van der Waals surface area contributed by atoms with E-state index in [1.165, 1.54) is 23.2 Å². The highest BCUT2D eigenvalue weighted by molar-refractivity contribution is 7.93. The summed E-state index contributed by atoms with van der Waals surface area (Å²) < 4.78 is 18.3. The van der Waals surface area contributed by atoms with Crippen LogP contribution in [0, 0.1) is 0 Å². The molecule has 0 amide bonds. The molecule has 130 valence electrons. The lowest BCUT2D eigenvalue weighted by Gasteiger charge is -2.08. The van der Waals surface area contributed by atoms with Gasteiger partial charge >= 0.3 is 0 Å². The van der Waals surface area contributed by atoms with Crippen molar-refractivity contribution in [3.63, 3.8) is 0 Å². The van der Waals surface area contributed by atoms with Gasteiger partial charge in [0.1, 0.15) is 22.6 Å². The minimum Gasteiger partial charge on any atom is -0.611 e. The summed E-state index contributed by atoms with van der Waals surface area (Å²) in [5.41, 5.74) is 9.90. The van der Waals surface area contributed by atoms with Crippen molar-refractivity contribution in [2.75, 3.05) is 25.2 Å². The van der Waals surface area contributed by atoms with Gasteiger partial charge in [-0.3, -0.25) is 0 Å². The highest BCUT2D eigenvalue weighted by Crippen LogP contribution is 2.48. The predicted molar refractivity (Wildman–Crippen MR) is 100 cm³/mol. The molecule has 0 radical (unpaired) electrons. The van der Waals surface area contributed by atoms with Crippen molar-refractivity contribution in [2.45, 2.75) is 23.0 Å². The van der Waals surface area contributed by atoms with Gasteiger partial charge < -0.3 is 15.0 Å². The fourth-order valence-electron chi connectivity index (χ4n) is 2.85. The van der Waals surface area contributed by atoms with Crippen LogP contribution < -0.4 is 5.73 Å². The number of thiophene rings is 1. The fourth-order valence-corrected chi connectivity index (χ4v) is 5.42. The third kappa shape index (κ3) is 3.22. The van der Waals surface area contributed by atoms with Crippen LogP contribution in [0.5, 0.6) is 0 Å². The van der Waals surface area contributed by atoms with Crippen LogP contribution >= 0.6 is 11.3 Å². The van der Waals surface area contributed by atoms with Crippen LogP contribution in [-0.2, 0) is 15.9 Å². The summed E-state index contributed by atoms with van der Waals surface area (Å²) in [6.45, 7) is 0.440. The van der Waals surface area contributed by atoms with E-state index in [0.29, 0.717) is 28.2 Å². The predicted octanol–water partition coefficient (Wildman–Crippen LogP) is 2.97. The number of nitrogens with zero attached hydrogens (tertiary/aromatic N) is 3. The molecular weight excluding hydrogens is 356 g/mol. The highest BCUT2D eigenvalue weighted by Gasteiger charge is 2.31. The van der Waals surface area contributed by atoms with E-state index in [9.17, 15) is 4.55 Å². The molecule has 0 aromatic carbocycles. The lowest BCUT2D eigenvalue weighted by atomic mass is 10.0. The Morgan fingerprint density at radius 2 is 2.12 bits per heavy atom. The van der Waals surface area contributed by atoms with Gasteiger partial charge in [-0.15, -0.1) is 0 Å². The number of nitrogens with two attached hydrogens (primary N) is 1. The van der Waals surface area contributed by atoms with Crippen molar-refractivity contribution in [2.24, 2.45) is 0 Å². The second kappa shape index (κ2) is 6.87. The highest BCUT2D eigenvalue weighted by atomic mass is 32.2. The number of ether oxygens (including phenoxy) is 1. The smallest absolute Gasteiger partial charge is 0.232 e. The molecule has 8 heteroatoms. The first kappa shape index (κ1) is 16.7. The minimum atomic E-state index is -1.18. The quantitative estimate of drug-likeness (QED) is 0.666. The molecule has 1 aliphatic carbocycles. The zero-order chi connectivity index (χ0) is 17.4. The zero-order valence-electron chi connectivity index (χ0n) is 13.8. The summed E-state index contributed by atoms with van der Waals surface area (Å²) in [7, 11) is 1.60. The molecule has 0 saturated heterocycles. The molecule has 1 saturated carbocycles. The first-order chi connectivity index (χ1) is 12.2. The number of methoxy groups -OCH3 is 1. The number of aromatic nitrogens is 3. The third-order valence-corrected chi connectivity index (χ3v) is 7.12. The van der Waals surface area contributed by atoms with Gasteiger partial charge in [-0.2, -0.15) is 0 Å². The van der Waals surface area contributed by atoms with Crippen LogP contribution in [-0.4, -0.2) is 39.0 Å². The van der Waals surface area contributed by atoms with Gasteiger partial charge in [-0.25, -0.2) is 15.0 Å². The lowest BCUT2D eigenvalue weighted by Crippen LogP contribution is -2.11. The van der Waals surface area contributed by atoms with Crippen molar-refractivity contribution in [3.05, 3.63) is 30.4 Å². The molecule has 1 atom stereocenters. The number of rotatable bonds is 6. The Balaban J connectivity index is 1.84. The maximum atomic E-state index is 12.6. The first-order valence-electron chi connectivity index (χ1n) is 8.04. The van der Waals surface area contributed by atoms with Crippen LogP contribution in [0.4, 0.5) is 5.69 Å². The second-order valence-corrected chi connectivity index (χ2v) is 8.79. The fraction of sp³-hybridized carbons (Fsp3) is 0.353. The molecule has 3 aromatic rings. The van der Waals surface area contributed by atoms with E-state index >= 15 is 0 Å². The topological polar surface area (TPSA) is 97.0 Å². The van der Waals surface area contributed by atoms with Crippen LogP contribution in [0.3, 0.4) is 0 Å². The number of anilines is 1. The molecule has 4 rings (SSSR count). The van der Waals surface area contributed by atoms with Crippen molar-refractivity contribution in [3.8, 4) is 11.3 Å². The Kier molecular flexibility index (Phi) is 4.60. The van der Waals surface area contributed by atoms with Gasteiger partial charge in [0.05, 0.1) is 12.3 Å². The van der Waals surface area contributed by atoms with E-state index in [0.717, 1.165) is 34.3 Å². The molecule has 2 N–H and O–H groups in total. The van der Waals surface area contributed by atoms with Crippen LogP contribution in [0.1, 0.15) is 24.3 Å². The van der Waals surface area contributed by atoms with E-state index in [2.05, 4.69) is 16.0 Å². The standard InChI is InChI=1S/C17H18N4O2S2/c1-23-4-5-25(22)17-15(18)14-12(10-2-3-10)6-13(21-16(14)24-17)11-7-19-9-20-8-11/h6-10H,2-5,18H2,1H3/t25-/m0/s1. The molecule has 25 heavy (non-hydrogen) atoms. The maximum Gasteiger partial charge on any atom is 0.232 e. The summed E-state index contributed by atoms with van der Waals surface area (Å²) in [4.78, 5) is 13.8. The first-order valence-corrected chi connectivity index (χ1v) is 10.2. The SMILES string of the molecule is COCC[S@+]([O-])c1sc2nc(-c3cncnc3)cc(C3CC3)c2c1N. The van der Waals surface area contributed by atoms with E-state index in [4.69, 9.17) is 15.5 Å². The number of pyridine rings is 1. The normalized spacial score (nSPS) is 15.6. The average Bonchev–Trinajstić information content (AvgIpc) is 3.43. The number of nitrogen functional groups attached to an aromatic ring is 1. The summed E-state index contributed by atoms with van der Waals surface area (Å²) in [5.74, 6) is 0.942. The summed E-state index contributed by atoms with van der Waals surface area (Å²) in [5, 5.41) is 0.967. The number of hydrogen-bond acceptors (Lipinski definition) is 7. The van der Waals surface area contributed by atoms with Crippen LogP contribution in [0.25, 0.3) is 21.5 Å². The van der Waals surface area contributed by atoms with E-state index in [1.807, 2.05) is 0 Å². The Morgan fingerprint density at radius 1 is 1.36 bits per heavy atom. The van der Waals surface area contributed by atoms with E-state index < -0.39 is 11.2 Å². The van der Waals surface area contributed by atoms with E-state index in [-0.39, 0.29) is 0 Å². The molecule has 0 aliphatic heterocycles. The van der Waals surface area contributed by atoms with Crippen molar-refractivity contribution < 1.29 is 9.29 Å². The average molecular weight is 374 g/mol. The van der Waals surface area contributed by atoms with Gasteiger partial charge in [-0.1, -0.05) is 11.3 Å². The van der Waals surface area contributed by atoms with Crippen LogP contribution in [0.2, 0.25) is 0 Å². The summed E-state index contributed by atoms with van der Waals surface area (Å²) in [6, 6.07) is 2.09. The molecule has 0 unspecified atom stereocenters. The lowest BCUT2D eigenvalue weighted by molar-refractivity contribution is 0.217. The van der Waals surface area contributed by atoms with Gasteiger partial charge in [-0.05, 0) is 30.4 Å². The summed E-state index contributed by atoms with van der Waals surface area (Å²) >= 11 is 0.242. The molecule has 0 bridgehead atoms. The zero-order valence-corrected chi connectivity index (χ0v) is 15.4. The maximum absolute atomic E-state index is 12.6. The molecule has 1 aliphatic rings. The summed E-state index contributed by atoms with van der Waals surface area (Å²) in [6.07, 6.45) is 7.32. The van der Waals surface area contributed by atoms with Crippen molar-refractivity contribution in [1.29, 1.82) is 0 Å². The number of hydrogen-bond donors (Lipinski definition) is 1. The Labute approximate surface area is 152 Å². The molecular formula is C17H18N4O2S2. The molecule has 3 aromatic heterocycles. The van der Waals surface area contributed by atoms with Gasteiger partial charge in [0.25, 0.3) is 0 Å². The van der Waals surface area contributed by atoms with E-state index in [1.54, 1.807) is 19.5 Å². The largest absolute Gasteiger partial charge is 0.611 e. The molecule has 3 heterocycles. The Bertz CT molecular complexity index is 897. The van der Waals surface area contributed by atoms with Crippen LogP contribution in [0.15, 0.2) is 29.0 Å². The number of fused-ring (bicyclic) bond motifs is 1. The van der Waals surface area contributed by atoms with Crippen molar-refractivity contribution in [1.82, 2.24) is 15.0 Å². The molecule has 6 nitrogen and oxygen atoms in total. The Morgan fingerprint density at radius 3 is 2.80 bits per heavy atom.